The molecule has 0 radical (unpaired) electrons. The second kappa shape index (κ2) is 5.76. The highest BCUT2D eigenvalue weighted by atomic mass is 35.5. The summed E-state index contributed by atoms with van der Waals surface area (Å²) in [5.74, 6) is 1.69. The number of rotatable bonds is 6. The number of hydrogen-bond donors (Lipinski definition) is 0. The molecule has 5 heteroatoms. The average Bonchev–Trinajstić information content (AvgIpc) is 2.94. The Bertz CT molecular complexity index is 584. The summed E-state index contributed by atoms with van der Waals surface area (Å²) in [5, 5.41) is 4.53. The summed E-state index contributed by atoms with van der Waals surface area (Å²) in [6.45, 7) is 8.79. The van der Waals surface area contributed by atoms with Crippen molar-refractivity contribution in [2.75, 3.05) is 5.88 Å². The van der Waals surface area contributed by atoms with Crippen LogP contribution in [0.5, 0.6) is 0 Å². The van der Waals surface area contributed by atoms with Gasteiger partial charge in [-0.15, -0.1) is 11.6 Å². The molecule has 2 heterocycles. The van der Waals surface area contributed by atoms with E-state index in [0.29, 0.717) is 5.88 Å². The van der Waals surface area contributed by atoms with Gasteiger partial charge in [0.15, 0.2) is 5.65 Å². The predicted octanol–water partition coefficient (Wildman–Crippen LogP) is 3.78. The lowest BCUT2D eigenvalue weighted by molar-refractivity contribution is 0.248. The molecule has 0 aliphatic rings. The monoisotopic (exact) mass is 296 g/mol. The van der Waals surface area contributed by atoms with Crippen LogP contribution >= 0.6 is 11.6 Å². The Balaban J connectivity index is 2.79. The number of aromatic nitrogens is 4. The molecule has 0 aliphatic heterocycles. The molecular weight excluding hydrogens is 272 g/mol. The Morgan fingerprint density at radius 3 is 2.25 bits per heavy atom. The van der Waals surface area contributed by atoms with E-state index in [2.05, 4.69) is 30.4 Å². The second-order valence-corrected chi connectivity index (χ2v) is 5.85. The molecule has 0 spiro atoms. The molecule has 4 nitrogen and oxygen atoms in total. The zero-order valence-corrected chi connectivity index (χ0v) is 14.0. The van der Waals surface area contributed by atoms with E-state index in [1.165, 1.54) is 0 Å². The van der Waals surface area contributed by atoms with Crippen molar-refractivity contribution in [1.82, 2.24) is 19.3 Å². The average molecular weight is 297 g/mol. The lowest BCUT2D eigenvalue weighted by atomic mass is 9.89. The van der Waals surface area contributed by atoms with E-state index in [0.717, 1.165) is 48.4 Å². The van der Waals surface area contributed by atoms with Gasteiger partial charge >= 0.3 is 0 Å². The number of alkyl halides is 1. The van der Waals surface area contributed by atoms with Gasteiger partial charge in [0.1, 0.15) is 11.3 Å². The molecule has 20 heavy (non-hydrogen) atoms. The van der Waals surface area contributed by atoms with Gasteiger partial charge in [-0.25, -0.2) is 4.98 Å². The standard InChI is InChI=1S/C15H25ClN4/c1-6-15(7-2,8-3)20-12(9-10-16)17-13-11(4)18-19(5)14(13)20/h6-10H2,1-5H3. The van der Waals surface area contributed by atoms with Crippen LogP contribution in [0, 0.1) is 6.92 Å². The van der Waals surface area contributed by atoms with Gasteiger partial charge in [0, 0.05) is 24.9 Å². The van der Waals surface area contributed by atoms with Crippen LogP contribution in [0.25, 0.3) is 11.2 Å². The maximum Gasteiger partial charge on any atom is 0.159 e. The van der Waals surface area contributed by atoms with Crippen molar-refractivity contribution in [3.8, 4) is 0 Å². The Morgan fingerprint density at radius 2 is 1.75 bits per heavy atom. The number of fused-ring (bicyclic) bond motifs is 1. The maximum atomic E-state index is 5.99. The first-order chi connectivity index (χ1) is 9.54. The fraction of sp³-hybridized carbons (Fsp3) is 0.733. The summed E-state index contributed by atoms with van der Waals surface area (Å²) in [6.07, 6.45) is 4.07. The van der Waals surface area contributed by atoms with Gasteiger partial charge < -0.3 is 4.57 Å². The van der Waals surface area contributed by atoms with E-state index in [1.807, 2.05) is 18.7 Å². The van der Waals surface area contributed by atoms with Crippen LogP contribution in [0.3, 0.4) is 0 Å². The zero-order valence-electron chi connectivity index (χ0n) is 13.2. The lowest BCUT2D eigenvalue weighted by Crippen LogP contribution is -2.34. The van der Waals surface area contributed by atoms with Gasteiger partial charge in [-0.3, -0.25) is 4.68 Å². The van der Waals surface area contributed by atoms with E-state index >= 15 is 0 Å². The van der Waals surface area contributed by atoms with Gasteiger partial charge in [-0.2, -0.15) is 5.10 Å². The molecule has 0 N–H and O–H groups in total. The molecule has 0 fully saturated rings. The number of imidazole rings is 1. The fourth-order valence-corrected chi connectivity index (χ4v) is 3.46. The number of aryl methyl sites for hydroxylation is 3. The molecule has 2 aromatic rings. The molecule has 0 saturated heterocycles. The Hall–Kier alpha value is -1.03. The second-order valence-electron chi connectivity index (χ2n) is 5.47. The van der Waals surface area contributed by atoms with Crippen LogP contribution in [0.1, 0.15) is 51.6 Å². The molecule has 2 rings (SSSR count). The summed E-state index contributed by atoms with van der Waals surface area (Å²) in [4.78, 5) is 4.83. The van der Waals surface area contributed by atoms with Crippen molar-refractivity contribution in [2.45, 2.75) is 58.9 Å². The fourth-order valence-electron chi connectivity index (χ4n) is 3.29. The minimum absolute atomic E-state index is 0.108. The number of nitrogens with zero attached hydrogens (tertiary/aromatic N) is 4. The SMILES string of the molecule is CCC(CC)(CC)n1c(CCCl)nc2c(C)nn(C)c21. The van der Waals surface area contributed by atoms with Crippen LogP contribution in [-0.4, -0.2) is 25.2 Å². The largest absolute Gasteiger partial charge is 0.307 e. The Morgan fingerprint density at radius 1 is 1.15 bits per heavy atom. The van der Waals surface area contributed by atoms with Crippen LogP contribution in [-0.2, 0) is 19.0 Å². The van der Waals surface area contributed by atoms with Crippen LogP contribution in [0.2, 0.25) is 0 Å². The van der Waals surface area contributed by atoms with Gasteiger partial charge in [-0.1, -0.05) is 20.8 Å². The molecule has 0 saturated carbocycles. The first-order valence-corrected chi connectivity index (χ1v) is 8.05. The highest BCUT2D eigenvalue weighted by Crippen LogP contribution is 2.35. The molecule has 112 valence electrons. The van der Waals surface area contributed by atoms with Crippen molar-refractivity contribution in [3.63, 3.8) is 0 Å². The molecule has 0 aliphatic carbocycles. The normalized spacial score (nSPS) is 12.5. The highest BCUT2D eigenvalue weighted by Gasteiger charge is 2.32. The van der Waals surface area contributed by atoms with Gasteiger partial charge in [0.2, 0.25) is 0 Å². The minimum Gasteiger partial charge on any atom is -0.307 e. The quantitative estimate of drug-likeness (QED) is 0.760. The van der Waals surface area contributed by atoms with Crippen LogP contribution in [0.15, 0.2) is 0 Å². The zero-order chi connectivity index (χ0) is 14.9. The first kappa shape index (κ1) is 15.4. The summed E-state index contributed by atoms with van der Waals surface area (Å²) in [5.41, 5.74) is 3.26. The molecule has 0 bridgehead atoms. The van der Waals surface area contributed by atoms with Crippen molar-refractivity contribution in [3.05, 3.63) is 11.5 Å². The summed E-state index contributed by atoms with van der Waals surface area (Å²) in [7, 11) is 2.00. The minimum atomic E-state index is 0.108. The van der Waals surface area contributed by atoms with Crippen LogP contribution < -0.4 is 0 Å². The van der Waals surface area contributed by atoms with Gasteiger partial charge in [-0.05, 0) is 26.2 Å². The van der Waals surface area contributed by atoms with Gasteiger partial charge in [0.05, 0.1) is 5.69 Å². The van der Waals surface area contributed by atoms with E-state index in [-0.39, 0.29) is 5.54 Å². The van der Waals surface area contributed by atoms with Crippen molar-refractivity contribution < 1.29 is 0 Å². The predicted molar refractivity (Wildman–Crippen MR) is 84.5 cm³/mol. The smallest absolute Gasteiger partial charge is 0.159 e. The molecule has 0 atom stereocenters. The highest BCUT2D eigenvalue weighted by molar-refractivity contribution is 6.17. The van der Waals surface area contributed by atoms with Gasteiger partial charge in [0.25, 0.3) is 0 Å². The van der Waals surface area contributed by atoms with E-state index in [9.17, 15) is 0 Å². The number of halogens is 1. The van der Waals surface area contributed by atoms with E-state index in [4.69, 9.17) is 16.6 Å². The summed E-state index contributed by atoms with van der Waals surface area (Å²) in [6, 6.07) is 0. The maximum absolute atomic E-state index is 5.99. The molecule has 0 aromatic carbocycles. The number of hydrogen-bond acceptors (Lipinski definition) is 2. The van der Waals surface area contributed by atoms with Crippen molar-refractivity contribution >= 4 is 22.8 Å². The molecule has 2 aromatic heterocycles. The van der Waals surface area contributed by atoms with Crippen molar-refractivity contribution in [2.24, 2.45) is 7.05 Å². The van der Waals surface area contributed by atoms with Crippen molar-refractivity contribution in [1.29, 1.82) is 0 Å². The third-order valence-electron chi connectivity index (χ3n) is 4.64. The first-order valence-electron chi connectivity index (χ1n) is 7.52. The molecular formula is C15H25ClN4. The third-order valence-corrected chi connectivity index (χ3v) is 4.83. The molecule has 0 unspecified atom stereocenters. The Labute approximate surface area is 126 Å². The van der Waals surface area contributed by atoms with E-state index in [1.54, 1.807) is 0 Å². The van der Waals surface area contributed by atoms with E-state index < -0.39 is 0 Å². The summed E-state index contributed by atoms with van der Waals surface area (Å²) < 4.78 is 4.37. The topological polar surface area (TPSA) is 35.6 Å². The summed E-state index contributed by atoms with van der Waals surface area (Å²) >= 11 is 5.99. The lowest BCUT2D eigenvalue weighted by Gasteiger charge is -2.34. The Kier molecular flexibility index (Phi) is 4.43. The molecule has 0 amide bonds. The van der Waals surface area contributed by atoms with Crippen LogP contribution in [0.4, 0.5) is 0 Å². The third kappa shape index (κ3) is 2.14.